The molecule has 0 amide bonds. The van der Waals surface area contributed by atoms with E-state index in [4.69, 9.17) is 4.74 Å². The first-order chi connectivity index (χ1) is 16.4. The molecule has 1 heterocycles. The number of likely N-dealkylation sites (N-methyl/N-ethyl adjacent to an activating group) is 1. The molecule has 0 spiro atoms. The van der Waals surface area contributed by atoms with Crippen molar-refractivity contribution < 1.29 is 43.1 Å². The second-order valence-corrected chi connectivity index (χ2v) is 11.2. The fourth-order valence-corrected chi connectivity index (χ4v) is 7.31. The summed E-state index contributed by atoms with van der Waals surface area (Å²) >= 11 is 0. The molecule has 3 unspecified atom stereocenters. The molecular formula is C30H40INO3. The van der Waals surface area contributed by atoms with Crippen LogP contribution in [0.4, 0.5) is 0 Å². The minimum Gasteiger partial charge on any atom is -1.00 e. The van der Waals surface area contributed by atoms with Gasteiger partial charge in [0.25, 0.3) is 0 Å². The zero-order valence-electron chi connectivity index (χ0n) is 21.1. The lowest BCUT2D eigenvalue weighted by molar-refractivity contribution is -0.954. The Morgan fingerprint density at radius 3 is 2.17 bits per heavy atom. The van der Waals surface area contributed by atoms with Gasteiger partial charge in [0, 0.05) is 17.9 Å². The summed E-state index contributed by atoms with van der Waals surface area (Å²) < 4.78 is 7.29. The van der Waals surface area contributed by atoms with Crippen LogP contribution in [0, 0.1) is 11.8 Å². The van der Waals surface area contributed by atoms with E-state index in [-0.39, 0.29) is 42.0 Å². The summed E-state index contributed by atoms with van der Waals surface area (Å²) in [4.78, 5) is 13.9. The molecular weight excluding hydrogens is 549 g/mol. The zero-order valence-corrected chi connectivity index (χ0v) is 23.3. The maximum absolute atomic E-state index is 13.9. The van der Waals surface area contributed by atoms with Crippen LogP contribution in [0.1, 0.15) is 75.5 Å². The van der Waals surface area contributed by atoms with E-state index >= 15 is 0 Å². The predicted octanol–water partition coefficient (Wildman–Crippen LogP) is 2.76. The Bertz CT molecular complexity index is 978. The average Bonchev–Trinajstić information content (AvgIpc) is 3.22. The van der Waals surface area contributed by atoms with E-state index in [1.165, 1.54) is 18.4 Å². The van der Waals surface area contributed by atoms with Crippen molar-refractivity contribution in [2.75, 3.05) is 13.6 Å². The van der Waals surface area contributed by atoms with Crippen molar-refractivity contribution in [2.45, 2.75) is 82.1 Å². The Morgan fingerprint density at radius 1 is 0.943 bits per heavy atom. The van der Waals surface area contributed by atoms with E-state index in [0.29, 0.717) is 17.5 Å². The number of piperidine rings is 1. The number of fused-ring (bicyclic) bond motifs is 2. The summed E-state index contributed by atoms with van der Waals surface area (Å²) in [6.45, 7) is 3.33. The summed E-state index contributed by atoms with van der Waals surface area (Å²) in [5, 5.41) is 12.1. The number of carbonyl (C=O) groups is 1. The third-order valence-corrected chi connectivity index (χ3v) is 9.44. The standard InChI is InChI=1S/C30H40NO3.HI/c1-22(23-13-7-5-8-14-23)31(2)21-24-19-20-27(31)28(24)34-29(32)30(33,26-17-11-6-12-18-26)25-15-9-3-4-10-16-25;/h5-8,11-14,17-18,22,24-25,27-28,33H,3-4,9-10,15-16,19-21H2,1-2H3;1H/q+1;/p-1/t22-,24?,27-,28?,30+,31?;/m0./s1. The van der Waals surface area contributed by atoms with Crippen LogP contribution in [0.2, 0.25) is 0 Å². The summed E-state index contributed by atoms with van der Waals surface area (Å²) in [6, 6.07) is 20.9. The number of carbonyl (C=O) groups excluding carboxylic acids is 1. The van der Waals surface area contributed by atoms with Crippen LogP contribution in [0.25, 0.3) is 0 Å². The number of ether oxygens (including phenoxy) is 1. The van der Waals surface area contributed by atoms with Gasteiger partial charge < -0.3 is 38.3 Å². The highest BCUT2D eigenvalue weighted by atomic mass is 127. The number of hydrogen-bond donors (Lipinski definition) is 1. The molecule has 2 saturated carbocycles. The Labute approximate surface area is 227 Å². The monoisotopic (exact) mass is 589 g/mol. The van der Waals surface area contributed by atoms with Crippen molar-refractivity contribution in [3.05, 3.63) is 71.8 Å². The molecule has 5 heteroatoms. The van der Waals surface area contributed by atoms with Crippen molar-refractivity contribution in [3.63, 3.8) is 0 Å². The molecule has 3 fully saturated rings. The van der Waals surface area contributed by atoms with Crippen molar-refractivity contribution in [3.8, 4) is 0 Å². The van der Waals surface area contributed by atoms with Crippen LogP contribution >= 0.6 is 0 Å². The maximum Gasteiger partial charge on any atom is 0.343 e. The molecule has 5 rings (SSSR count). The van der Waals surface area contributed by atoms with Gasteiger partial charge in [-0.25, -0.2) is 4.79 Å². The Morgan fingerprint density at radius 2 is 1.54 bits per heavy atom. The summed E-state index contributed by atoms with van der Waals surface area (Å²) in [5.41, 5.74) is 0.455. The minimum atomic E-state index is -1.57. The Hall–Kier alpha value is -1.44. The first-order valence-corrected chi connectivity index (χ1v) is 13.3. The molecule has 6 atom stereocenters. The third-order valence-electron chi connectivity index (χ3n) is 9.44. The minimum absolute atomic E-state index is 0. The van der Waals surface area contributed by atoms with Gasteiger partial charge in [-0.2, -0.15) is 0 Å². The number of quaternary nitrogens is 1. The number of halogens is 1. The third kappa shape index (κ3) is 4.80. The second kappa shape index (κ2) is 10.9. The maximum atomic E-state index is 13.9. The molecule has 1 N–H and O–H groups in total. The number of nitrogens with zero attached hydrogens (tertiary/aromatic N) is 1. The van der Waals surface area contributed by atoms with Crippen LogP contribution in [-0.4, -0.2) is 41.3 Å². The van der Waals surface area contributed by atoms with Gasteiger partial charge in [0.15, 0.2) is 11.7 Å². The number of hydrogen-bond acceptors (Lipinski definition) is 3. The molecule has 1 saturated heterocycles. The smallest absolute Gasteiger partial charge is 0.343 e. The molecule has 0 aromatic heterocycles. The molecule has 4 nitrogen and oxygen atoms in total. The van der Waals surface area contributed by atoms with Crippen molar-refractivity contribution in [1.82, 2.24) is 0 Å². The van der Waals surface area contributed by atoms with Crippen LogP contribution in [0.3, 0.4) is 0 Å². The van der Waals surface area contributed by atoms with Gasteiger partial charge in [-0.05, 0) is 31.7 Å². The van der Waals surface area contributed by atoms with Crippen molar-refractivity contribution in [2.24, 2.45) is 11.8 Å². The second-order valence-electron chi connectivity index (χ2n) is 11.2. The van der Waals surface area contributed by atoms with Crippen LogP contribution in [-0.2, 0) is 15.1 Å². The molecule has 2 bridgehead atoms. The van der Waals surface area contributed by atoms with Gasteiger partial charge >= 0.3 is 5.97 Å². The van der Waals surface area contributed by atoms with E-state index < -0.39 is 11.6 Å². The molecule has 2 aliphatic carbocycles. The van der Waals surface area contributed by atoms with Crippen molar-refractivity contribution >= 4 is 5.97 Å². The van der Waals surface area contributed by atoms with Crippen LogP contribution in [0.15, 0.2) is 60.7 Å². The molecule has 2 aromatic rings. The summed E-state index contributed by atoms with van der Waals surface area (Å²) in [7, 11) is 2.33. The highest BCUT2D eigenvalue weighted by molar-refractivity contribution is 5.82. The van der Waals surface area contributed by atoms with Gasteiger partial charge in [-0.3, -0.25) is 0 Å². The van der Waals surface area contributed by atoms with Gasteiger partial charge in [0.1, 0.15) is 12.1 Å². The zero-order chi connectivity index (χ0) is 23.8. The van der Waals surface area contributed by atoms with Gasteiger partial charge in [0.2, 0.25) is 0 Å². The van der Waals surface area contributed by atoms with Crippen LogP contribution in [0.5, 0.6) is 0 Å². The lowest BCUT2D eigenvalue weighted by Crippen LogP contribution is -3.00. The molecule has 0 radical (unpaired) electrons. The van der Waals surface area contributed by atoms with Gasteiger partial charge in [-0.1, -0.05) is 86.3 Å². The highest BCUT2D eigenvalue weighted by Crippen LogP contribution is 2.50. The molecule has 3 aliphatic rings. The fourth-order valence-electron chi connectivity index (χ4n) is 7.31. The van der Waals surface area contributed by atoms with E-state index in [2.05, 4.69) is 44.3 Å². The number of aliphatic hydroxyl groups is 1. The van der Waals surface area contributed by atoms with Crippen molar-refractivity contribution in [1.29, 1.82) is 0 Å². The number of rotatable bonds is 6. The summed E-state index contributed by atoms with van der Waals surface area (Å²) in [6.07, 6.45) is 8.27. The van der Waals surface area contributed by atoms with E-state index in [1.807, 2.05) is 30.3 Å². The lowest BCUT2D eigenvalue weighted by Gasteiger charge is -2.43. The molecule has 1 aliphatic heterocycles. The first kappa shape index (κ1) is 26.6. The quantitative estimate of drug-likeness (QED) is 0.244. The molecule has 2 aromatic carbocycles. The van der Waals surface area contributed by atoms with Gasteiger partial charge in [0.05, 0.1) is 19.5 Å². The van der Waals surface area contributed by atoms with E-state index in [1.54, 1.807) is 0 Å². The highest BCUT2D eigenvalue weighted by Gasteiger charge is 2.61. The fraction of sp³-hybridized carbons (Fsp3) is 0.567. The van der Waals surface area contributed by atoms with Crippen LogP contribution < -0.4 is 24.0 Å². The van der Waals surface area contributed by atoms with E-state index in [0.717, 1.165) is 49.6 Å². The number of benzene rings is 2. The Kier molecular flexibility index (Phi) is 8.29. The molecule has 35 heavy (non-hydrogen) atoms. The molecule has 190 valence electrons. The predicted molar refractivity (Wildman–Crippen MR) is 134 cm³/mol. The Balaban J connectivity index is 0.00000289. The normalized spacial score (nSPS) is 31.1. The number of likely N-dealkylation sites (tertiary alicyclic amines) is 1. The number of esters is 1. The first-order valence-electron chi connectivity index (χ1n) is 13.3. The topological polar surface area (TPSA) is 46.5 Å². The lowest BCUT2D eigenvalue weighted by atomic mass is 9.77. The average molecular weight is 590 g/mol. The summed E-state index contributed by atoms with van der Waals surface area (Å²) in [5.74, 6) is -0.152. The SMILES string of the molecule is C[C@@H](c1ccccc1)[N+]1(C)CC2CC[C@H]1C2OC(=O)[C@](O)(c1ccccc1)C1CCCCCC1.[I-]. The van der Waals surface area contributed by atoms with E-state index in [9.17, 15) is 9.90 Å². The van der Waals surface area contributed by atoms with Gasteiger partial charge in [-0.15, -0.1) is 0 Å². The largest absolute Gasteiger partial charge is 1.00 e.